The molecule has 2 N–H and O–H groups in total. The first-order valence-electron chi connectivity index (χ1n) is 8.23. The largest absolute Gasteiger partial charge is 0.416 e. The first-order chi connectivity index (χ1) is 12.1. The van der Waals surface area contributed by atoms with Gasteiger partial charge in [-0.25, -0.2) is 4.98 Å². The molecule has 0 aliphatic rings. The van der Waals surface area contributed by atoms with Gasteiger partial charge in [-0.15, -0.1) is 36.2 Å². The van der Waals surface area contributed by atoms with Crippen LogP contribution in [-0.2, 0) is 6.18 Å². The average Bonchev–Trinajstić information content (AvgIpc) is 3.08. The lowest BCUT2D eigenvalue weighted by Gasteiger charge is -2.20. The third kappa shape index (κ3) is 6.92. The number of carbonyl (C=O) groups excluding carboxylic acids is 1. The van der Waals surface area contributed by atoms with Crippen LogP contribution in [0.1, 0.15) is 36.3 Å². The minimum absolute atomic E-state index is 0. The molecule has 1 aromatic heterocycles. The van der Waals surface area contributed by atoms with Crippen molar-refractivity contribution in [3.05, 3.63) is 40.9 Å². The first-order valence-corrected chi connectivity index (χ1v) is 9.11. The maximum atomic E-state index is 12.8. The van der Waals surface area contributed by atoms with Crippen molar-refractivity contribution in [3.63, 3.8) is 0 Å². The van der Waals surface area contributed by atoms with Gasteiger partial charge in [0.2, 0.25) is 0 Å². The number of halogens is 5. The maximum Gasteiger partial charge on any atom is 0.416 e. The smallest absolute Gasteiger partial charge is 0.340 e. The standard InChI is InChI=1S/C18H22F3N3OS.2ClH/c1-11(2)14(22)7-8-24(3)17(25)15-10-26-16(23-15)12-5-4-6-13(9-12)18(19,20)21;;/h4-6,9-11,14H,7-8,22H2,1-3H3;2*1H. The predicted molar refractivity (Wildman–Crippen MR) is 111 cm³/mol. The molecule has 0 saturated carbocycles. The van der Waals surface area contributed by atoms with Gasteiger partial charge in [0.25, 0.3) is 5.91 Å². The Hall–Kier alpha value is -1.35. The summed E-state index contributed by atoms with van der Waals surface area (Å²) in [6.07, 6.45) is -3.74. The fourth-order valence-electron chi connectivity index (χ4n) is 2.31. The Bertz CT molecular complexity index is 769. The van der Waals surface area contributed by atoms with Gasteiger partial charge in [0.05, 0.1) is 5.56 Å². The van der Waals surface area contributed by atoms with Gasteiger partial charge in [0, 0.05) is 30.6 Å². The molecule has 0 bridgehead atoms. The van der Waals surface area contributed by atoms with Gasteiger partial charge in [-0.1, -0.05) is 26.0 Å². The highest BCUT2D eigenvalue weighted by Gasteiger charge is 2.30. The van der Waals surface area contributed by atoms with Crippen LogP contribution in [0.25, 0.3) is 10.6 Å². The third-order valence-corrected chi connectivity index (χ3v) is 5.05. The molecule has 0 aliphatic carbocycles. The summed E-state index contributed by atoms with van der Waals surface area (Å²) < 4.78 is 38.5. The molecule has 28 heavy (non-hydrogen) atoms. The van der Waals surface area contributed by atoms with E-state index in [9.17, 15) is 18.0 Å². The molecule has 2 aromatic rings. The second kappa shape index (κ2) is 11.0. The highest BCUT2D eigenvalue weighted by Crippen LogP contribution is 2.33. The van der Waals surface area contributed by atoms with Crippen LogP contribution < -0.4 is 5.73 Å². The number of nitrogens with two attached hydrogens (primary N) is 1. The van der Waals surface area contributed by atoms with Crippen molar-refractivity contribution in [1.82, 2.24) is 9.88 Å². The van der Waals surface area contributed by atoms with E-state index in [-0.39, 0.29) is 42.5 Å². The fraction of sp³-hybridized carbons (Fsp3) is 0.444. The number of alkyl halides is 3. The Morgan fingerprint density at radius 3 is 2.50 bits per heavy atom. The van der Waals surface area contributed by atoms with E-state index >= 15 is 0 Å². The van der Waals surface area contributed by atoms with Gasteiger partial charge in [-0.05, 0) is 24.5 Å². The molecule has 1 aromatic carbocycles. The summed E-state index contributed by atoms with van der Waals surface area (Å²) in [5, 5.41) is 1.95. The van der Waals surface area contributed by atoms with E-state index in [0.29, 0.717) is 29.5 Å². The number of hydrogen-bond acceptors (Lipinski definition) is 4. The lowest BCUT2D eigenvalue weighted by atomic mass is 10.0. The minimum Gasteiger partial charge on any atom is -0.340 e. The number of benzene rings is 1. The van der Waals surface area contributed by atoms with Crippen LogP contribution in [-0.4, -0.2) is 35.4 Å². The van der Waals surface area contributed by atoms with Crippen molar-refractivity contribution in [1.29, 1.82) is 0 Å². The highest BCUT2D eigenvalue weighted by atomic mass is 35.5. The lowest BCUT2D eigenvalue weighted by Crippen LogP contribution is -2.34. The van der Waals surface area contributed by atoms with Crippen molar-refractivity contribution < 1.29 is 18.0 Å². The fourth-order valence-corrected chi connectivity index (χ4v) is 3.10. The molecule has 1 atom stereocenters. The van der Waals surface area contributed by atoms with Crippen molar-refractivity contribution in [3.8, 4) is 10.6 Å². The second-order valence-corrected chi connectivity index (χ2v) is 7.40. The summed E-state index contributed by atoms with van der Waals surface area (Å²) in [6.45, 7) is 4.54. The van der Waals surface area contributed by atoms with Crippen LogP contribution in [0.2, 0.25) is 0 Å². The van der Waals surface area contributed by atoms with E-state index in [2.05, 4.69) is 4.98 Å². The van der Waals surface area contributed by atoms with Crippen LogP contribution in [0.15, 0.2) is 29.6 Å². The maximum absolute atomic E-state index is 12.8. The molecule has 2 rings (SSSR count). The van der Waals surface area contributed by atoms with Crippen LogP contribution in [0.5, 0.6) is 0 Å². The van der Waals surface area contributed by atoms with Crippen LogP contribution >= 0.6 is 36.2 Å². The van der Waals surface area contributed by atoms with E-state index in [1.165, 1.54) is 11.0 Å². The molecular weight excluding hydrogens is 434 g/mol. The summed E-state index contributed by atoms with van der Waals surface area (Å²) in [6, 6.07) is 4.93. The molecule has 10 heteroatoms. The zero-order chi connectivity index (χ0) is 19.5. The van der Waals surface area contributed by atoms with Gasteiger partial charge < -0.3 is 10.6 Å². The molecule has 0 saturated heterocycles. The zero-order valence-corrected chi connectivity index (χ0v) is 18.1. The van der Waals surface area contributed by atoms with Crippen LogP contribution in [0.4, 0.5) is 13.2 Å². The van der Waals surface area contributed by atoms with E-state index in [4.69, 9.17) is 5.73 Å². The van der Waals surface area contributed by atoms with Crippen LogP contribution in [0, 0.1) is 5.92 Å². The van der Waals surface area contributed by atoms with Crippen molar-refractivity contribution in [2.45, 2.75) is 32.5 Å². The van der Waals surface area contributed by atoms with E-state index in [0.717, 1.165) is 23.5 Å². The quantitative estimate of drug-likeness (QED) is 0.654. The van der Waals surface area contributed by atoms with Gasteiger partial charge in [-0.3, -0.25) is 4.79 Å². The zero-order valence-electron chi connectivity index (χ0n) is 15.7. The van der Waals surface area contributed by atoms with Crippen molar-refractivity contribution in [2.24, 2.45) is 11.7 Å². The molecule has 0 spiro atoms. The van der Waals surface area contributed by atoms with Gasteiger partial charge >= 0.3 is 6.18 Å². The Labute approximate surface area is 179 Å². The normalized spacial score (nSPS) is 12.1. The summed E-state index contributed by atoms with van der Waals surface area (Å²) in [5.74, 6) is 0.0562. The lowest BCUT2D eigenvalue weighted by molar-refractivity contribution is -0.137. The number of carbonyl (C=O) groups is 1. The topological polar surface area (TPSA) is 59.2 Å². The molecule has 0 fully saturated rings. The Morgan fingerprint density at radius 2 is 1.93 bits per heavy atom. The highest BCUT2D eigenvalue weighted by molar-refractivity contribution is 7.13. The Kier molecular flexibility index (Phi) is 10.5. The summed E-state index contributed by atoms with van der Waals surface area (Å²) >= 11 is 1.15. The number of rotatable bonds is 6. The summed E-state index contributed by atoms with van der Waals surface area (Å²) in [7, 11) is 1.67. The summed E-state index contributed by atoms with van der Waals surface area (Å²) in [5.41, 5.74) is 5.82. The molecule has 1 unspecified atom stereocenters. The SMILES string of the molecule is CC(C)C(N)CCN(C)C(=O)c1csc(-c2cccc(C(F)(F)F)c2)n1.Cl.Cl. The second-order valence-electron chi connectivity index (χ2n) is 6.54. The number of nitrogens with zero attached hydrogens (tertiary/aromatic N) is 2. The molecule has 1 amide bonds. The third-order valence-electron chi connectivity index (χ3n) is 4.16. The predicted octanol–water partition coefficient (Wildman–Crippen LogP) is 5.12. The van der Waals surface area contributed by atoms with Crippen molar-refractivity contribution in [2.75, 3.05) is 13.6 Å². The van der Waals surface area contributed by atoms with Gasteiger partial charge in [0.15, 0.2) is 0 Å². The molecule has 0 radical (unpaired) electrons. The molecule has 158 valence electrons. The summed E-state index contributed by atoms with van der Waals surface area (Å²) in [4.78, 5) is 18.2. The van der Waals surface area contributed by atoms with Gasteiger partial charge in [-0.2, -0.15) is 13.2 Å². The van der Waals surface area contributed by atoms with E-state index in [1.807, 2.05) is 13.8 Å². The molecular formula is C18H24Cl2F3N3OS. The monoisotopic (exact) mass is 457 g/mol. The Morgan fingerprint density at radius 1 is 1.29 bits per heavy atom. The Balaban J connectivity index is 0.00000364. The van der Waals surface area contributed by atoms with E-state index in [1.54, 1.807) is 18.5 Å². The number of hydrogen-bond donors (Lipinski definition) is 1. The van der Waals surface area contributed by atoms with Crippen molar-refractivity contribution >= 4 is 42.1 Å². The van der Waals surface area contributed by atoms with Crippen LogP contribution in [0.3, 0.4) is 0 Å². The van der Waals surface area contributed by atoms with E-state index < -0.39 is 11.7 Å². The molecule has 1 heterocycles. The number of amides is 1. The molecule has 0 aliphatic heterocycles. The minimum atomic E-state index is -4.42. The average molecular weight is 458 g/mol. The molecule has 4 nitrogen and oxygen atoms in total. The first kappa shape index (κ1) is 26.6. The number of aromatic nitrogens is 1. The van der Waals surface area contributed by atoms with Gasteiger partial charge in [0.1, 0.15) is 10.7 Å². The number of thiazole rings is 1.